The highest BCUT2D eigenvalue weighted by atomic mass is 32.2. The highest BCUT2D eigenvalue weighted by Crippen LogP contribution is 2.27. The first-order valence-corrected chi connectivity index (χ1v) is 12.0. The van der Waals surface area contributed by atoms with Gasteiger partial charge in [0.05, 0.1) is 35.9 Å². The molecule has 0 saturated heterocycles. The Morgan fingerprint density at radius 1 is 0.889 bits per heavy atom. The largest absolute Gasteiger partial charge is 0.465 e. The van der Waals surface area contributed by atoms with Gasteiger partial charge >= 0.3 is 11.9 Å². The SMILES string of the molecule is COC(=O)c1cc(NC(=O)CN(c2ccccc2F)S(=O)(=O)c2ccc(C)cc2)cc(C(=O)OC)c1. The first-order valence-electron chi connectivity index (χ1n) is 10.5. The van der Waals surface area contributed by atoms with Crippen LogP contribution in [0.4, 0.5) is 15.8 Å². The number of benzene rings is 3. The van der Waals surface area contributed by atoms with Gasteiger partial charge in [-0.3, -0.25) is 9.10 Å². The van der Waals surface area contributed by atoms with Gasteiger partial charge in [0.25, 0.3) is 10.0 Å². The second-order valence-electron chi connectivity index (χ2n) is 7.61. The smallest absolute Gasteiger partial charge is 0.337 e. The summed E-state index contributed by atoms with van der Waals surface area (Å²) in [5, 5.41) is 2.45. The van der Waals surface area contributed by atoms with Crippen molar-refractivity contribution in [3.05, 3.63) is 89.2 Å². The number of esters is 2. The number of sulfonamides is 1. The van der Waals surface area contributed by atoms with Crippen LogP contribution in [0.3, 0.4) is 0 Å². The van der Waals surface area contributed by atoms with Crippen molar-refractivity contribution in [3.63, 3.8) is 0 Å². The average Bonchev–Trinajstić information content (AvgIpc) is 2.86. The Hall–Kier alpha value is -4.25. The van der Waals surface area contributed by atoms with Gasteiger partial charge in [-0.05, 0) is 49.4 Å². The molecule has 11 heteroatoms. The molecule has 0 bridgehead atoms. The van der Waals surface area contributed by atoms with Crippen LogP contribution < -0.4 is 9.62 Å². The number of ether oxygens (including phenoxy) is 2. The van der Waals surface area contributed by atoms with Crippen molar-refractivity contribution < 1.29 is 36.7 Å². The number of nitrogens with one attached hydrogen (secondary N) is 1. The number of hydrogen-bond donors (Lipinski definition) is 1. The molecule has 0 spiro atoms. The Labute approximate surface area is 207 Å². The predicted octanol–water partition coefficient (Wildman–Crippen LogP) is 3.54. The molecule has 0 aliphatic carbocycles. The molecule has 9 nitrogen and oxygen atoms in total. The molecule has 1 amide bonds. The molecule has 0 aliphatic heterocycles. The third-order valence-electron chi connectivity index (χ3n) is 5.08. The molecule has 0 unspecified atom stereocenters. The zero-order chi connectivity index (χ0) is 26.5. The lowest BCUT2D eigenvalue weighted by Gasteiger charge is -2.24. The van der Waals surface area contributed by atoms with Crippen molar-refractivity contribution in [2.75, 3.05) is 30.4 Å². The number of nitrogens with zero attached hydrogens (tertiary/aromatic N) is 1. The summed E-state index contributed by atoms with van der Waals surface area (Å²) < 4.78 is 51.4. The molecule has 3 aromatic carbocycles. The van der Waals surface area contributed by atoms with Crippen LogP contribution in [0.25, 0.3) is 0 Å². The van der Waals surface area contributed by atoms with Crippen molar-refractivity contribution in [2.45, 2.75) is 11.8 Å². The summed E-state index contributed by atoms with van der Waals surface area (Å²) in [4.78, 5) is 36.9. The molecule has 3 rings (SSSR count). The van der Waals surface area contributed by atoms with E-state index in [0.29, 0.717) is 4.31 Å². The number of methoxy groups -OCH3 is 2. The Balaban J connectivity index is 1.99. The maximum atomic E-state index is 14.6. The molecule has 0 heterocycles. The van der Waals surface area contributed by atoms with Gasteiger partial charge in [0.15, 0.2) is 0 Å². The van der Waals surface area contributed by atoms with Gasteiger partial charge in [-0.2, -0.15) is 0 Å². The van der Waals surface area contributed by atoms with Gasteiger partial charge < -0.3 is 14.8 Å². The van der Waals surface area contributed by atoms with Crippen molar-refractivity contribution >= 4 is 39.2 Å². The van der Waals surface area contributed by atoms with Crippen LogP contribution in [0, 0.1) is 12.7 Å². The molecule has 1 N–H and O–H groups in total. The number of aryl methyl sites for hydroxylation is 1. The van der Waals surface area contributed by atoms with Gasteiger partial charge in [-0.25, -0.2) is 22.4 Å². The maximum absolute atomic E-state index is 14.6. The topological polar surface area (TPSA) is 119 Å². The first-order chi connectivity index (χ1) is 17.1. The highest BCUT2D eigenvalue weighted by Gasteiger charge is 2.29. The summed E-state index contributed by atoms with van der Waals surface area (Å²) in [6.45, 7) is 0.983. The fraction of sp³-hybridized carbons (Fsp3) is 0.160. The fourth-order valence-electron chi connectivity index (χ4n) is 3.29. The van der Waals surface area contributed by atoms with E-state index in [0.717, 1.165) is 25.8 Å². The van der Waals surface area contributed by atoms with Gasteiger partial charge in [-0.15, -0.1) is 0 Å². The zero-order valence-corrected chi connectivity index (χ0v) is 20.5. The minimum Gasteiger partial charge on any atom is -0.465 e. The zero-order valence-electron chi connectivity index (χ0n) is 19.6. The lowest BCUT2D eigenvalue weighted by atomic mass is 10.1. The monoisotopic (exact) mass is 514 g/mol. The number of anilines is 2. The van der Waals surface area contributed by atoms with Gasteiger partial charge in [0, 0.05) is 5.69 Å². The summed E-state index contributed by atoms with van der Waals surface area (Å²) in [5.74, 6) is -3.24. The van der Waals surface area contributed by atoms with Gasteiger partial charge in [-0.1, -0.05) is 29.8 Å². The van der Waals surface area contributed by atoms with Crippen LogP contribution in [0.5, 0.6) is 0 Å². The summed E-state index contributed by atoms with van der Waals surface area (Å²) in [7, 11) is -2.05. The van der Waals surface area contributed by atoms with E-state index in [-0.39, 0.29) is 27.4 Å². The molecule has 3 aromatic rings. The van der Waals surface area contributed by atoms with Crippen LogP contribution in [0.1, 0.15) is 26.3 Å². The number of hydrogen-bond acceptors (Lipinski definition) is 7. The highest BCUT2D eigenvalue weighted by molar-refractivity contribution is 7.92. The number of carbonyl (C=O) groups excluding carboxylic acids is 3. The van der Waals surface area contributed by atoms with Crippen LogP contribution in [0.2, 0.25) is 0 Å². The molecule has 0 aliphatic rings. The fourth-order valence-corrected chi connectivity index (χ4v) is 4.72. The molecule has 0 fully saturated rings. The second-order valence-corrected chi connectivity index (χ2v) is 9.47. The number of halogens is 1. The van der Waals surface area contributed by atoms with Gasteiger partial charge in [0.2, 0.25) is 5.91 Å². The quantitative estimate of drug-likeness (QED) is 0.457. The van der Waals surface area contributed by atoms with E-state index >= 15 is 0 Å². The number of para-hydroxylation sites is 1. The number of rotatable bonds is 8. The molecular formula is C25H23FN2O7S. The van der Waals surface area contributed by atoms with Crippen molar-refractivity contribution in [1.29, 1.82) is 0 Å². The molecule has 0 aromatic heterocycles. The third kappa shape index (κ3) is 5.87. The Kier molecular flexibility index (Phi) is 8.05. The Bertz CT molecular complexity index is 1370. The summed E-state index contributed by atoms with van der Waals surface area (Å²) in [6.07, 6.45) is 0. The summed E-state index contributed by atoms with van der Waals surface area (Å²) >= 11 is 0. The van der Waals surface area contributed by atoms with E-state index in [1.54, 1.807) is 19.1 Å². The van der Waals surface area contributed by atoms with Crippen molar-refractivity contribution in [3.8, 4) is 0 Å². The van der Waals surface area contributed by atoms with Crippen molar-refractivity contribution in [1.82, 2.24) is 0 Å². The van der Waals surface area contributed by atoms with E-state index in [2.05, 4.69) is 14.8 Å². The predicted molar refractivity (Wildman–Crippen MR) is 130 cm³/mol. The van der Waals surface area contributed by atoms with Crippen LogP contribution >= 0.6 is 0 Å². The molecule has 0 radical (unpaired) electrons. The van der Waals surface area contributed by atoms with Crippen LogP contribution in [-0.2, 0) is 24.3 Å². The number of amides is 1. The lowest BCUT2D eigenvalue weighted by Crippen LogP contribution is -2.38. The second kappa shape index (κ2) is 11.0. The van der Waals surface area contributed by atoms with E-state index < -0.39 is 40.2 Å². The van der Waals surface area contributed by atoms with Gasteiger partial charge in [0.1, 0.15) is 12.4 Å². The van der Waals surface area contributed by atoms with E-state index in [1.165, 1.54) is 48.5 Å². The molecular weight excluding hydrogens is 491 g/mol. The molecule has 0 atom stereocenters. The van der Waals surface area contributed by atoms with Crippen LogP contribution in [-0.4, -0.2) is 47.0 Å². The minimum atomic E-state index is -4.35. The normalized spacial score (nSPS) is 10.9. The third-order valence-corrected chi connectivity index (χ3v) is 6.85. The Morgan fingerprint density at radius 3 is 1.97 bits per heavy atom. The molecule has 188 valence electrons. The van der Waals surface area contributed by atoms with E-state index in [4.69, 9.17) is 0 Å². The minimum absolute atomic E-state index is 0.00418. The standard InChI is InChI=1S/C25H23FN2O7S/c1-16-8-10-20(11-9-16)36(32,33)28(22-7-5-4-6-21(22)26)15-23(29)27-19-13-17(24(30)34-2)12-18(14-19)25(31)35-3/h4-14H,15H2,1-3H3,(H,27,29). The van der Waals surface area contributed by atoms with Crippen LogP contribution in [0.15, 0.2) is 71.6 Å². The lowest BCUT2D eigenvalue weighted by molar-refractivity contribution is -0.114. The van der Waals surface area contributed by atoms with Crippen molar-refractivity contribution in [2.24, 2.45) is 0 Å². The van der Waals surface area contributed by atoms with E-state index in [1.807, 2.05) is 0 Å². The average molecular weight is 515 g/mol. The molecule has 36 heavy (non-hydrogen) atoms. The van der Waals surface area contributed by atoms with E-state index in [9.17, 15) is 27.2 Å². The maximum Gasteiger partial charge on any atom is 0.337 e. The summed E-state index contributed by atoms with van der Waals surface area (Å²) in [5.41, 5.74) is 0.398. The number of carbonyl (C=O) groups is 3. The Morgan fingerprint density at radius 2 is 1.44 bits per heavy atom. The molecule has 0 saturated carbocycles. The summed E-state index contributed by atoms with van der Waals surface area (Å²) in [6, 6.07) is 14.8. The first kappa shape index (κ1) is 26.4.